The van der Waals surface area contributed by atoms with Crippen molar-refractivity contribution < 1.29 is 38.1 Å². The van der Waals surface area contributed by atoms with E-state index >= 15 is 0 Å². The highest BCUT2D eigenvalue weighted by Gasteiger charge is 2.26. The van der Waals surface area contributed by atoms with Crippen LogP contribution in [0.1, 0.15) is 51.5 Å². The maximum absolute atomic E-state index is 12.4. The molecule has 2 rings (SSSR count). The Morgan fingerprint density at radius 1 is 0.969 bits per heavy atom. The van der Waals surface area contributed by atoms with Crippen molar-refractivity contribution in [3.8, 4) is 11.5 Å². The molecule has 2 aromatic rings. The number of nitrogens with one attached hydrogen (secondary N) is 1. The van der Waals surface area contributed by atoms with Crippen LogP contribution in [-0.2, 0) is 25.6 Å². The Bertz CT molecular complexity index is 1010. The van der Waals surface area contributed by atoms with Gasteiger partial charge in [-0.05, 0) is 50.6 Å². The number of benzene rings is 1. The number of methoxy groups -OCH3 is 2. The van der Waals surface area contributed by atoms with Crippen LogP contribution in [0.2, 0.25) is 0 Å². The molecule has 9 nitrogen and oxygen atoms in total. The van der Waals surface area contributed by atoms with Gasteiger partial charge in [0.25, 0.3) is 0 Å². The van der Waals surface area contributed by atoms with Crippen molar-refractivity contribution in [3.05, 3.63) is 52.4 Å². The first-order valence-electron chi connectivity index (χ1n) is 9.98. The average Bonchev–Trinajstić information content (AvgIpc) is 3.12. The largest absolute Gasteiger partial charge is 0.497 e. The van der Waals surface area contributed by atoms with E-state index in [1.807, 2.05) is 0 Å². The van der Waals surface area contributed by atoms with Gasteiger partial charge in [0, 0.05) is 11.6 Å². The van der Waals surface area contributed by atoms with Gasteiger partial charge in [0.2, 0.25) is 0 Å². The molecule has 32 heavy (non-hydrogen) atoms. The van der Waals surface area contributed by atoms with Crippen molar-refractivity contribution in [1.82, 2.24) is 4.98 Å². The van der Waals surface area contributed by atoms with Gasteiger partial charge in [-0.1, -0.05) is 0 Å². The second-order valence-electron chi connectivity index (χ2n) is 6.47. The predicted molar refractivity (Wildman–Crippen MR) is 116 cm³/mol. The van der Waals surface area contributed by atoms with Crippen molar-refractivity contribution in [1.29, 1.82) is 0 Å². The van der Waals surface area contributed by atoms with E-state index in [0.717, 1.165) is 0 Å². The van der Waals surface area contributed by atoms with Gasteiger partial charge in [-0.3, -0.25) is 0 Å². The highest BCUT2D eigenvalue weighted by Crippen LogP contribution is 2.25. The third-order valence-corrected chi connectivity index (χ3v) is 4.48. The molecule has 0 atom stereocenters. The number of esters is 3. The molecule has 1 aromatic heterocycles. The van der Waals surface area contributed by atoms with Crippen LogP contribution in [0.15, 0.2) is 24.3 Å². The van der Waals surface area contributed by atoms with E-state index in [0.29, 0.717) is 22.6 Å². The normalized spacial score (nSPS) is 10.7. The summed E-state index contributed by atoms with van der Waals surface area (Å²) in [6.45, 7) is 5.00. The van der Waals surface area contributed by atoms with Crippen LogP contribution < -0.4 is 9.47 Å². The molecule has 1 heterocycles. The molecule has 0 bridgehead atoms. The zero-order valence-electron chi connectivity index (χ0n) is 18.8. The minimum Gasteiger partial charge on any atom is -0.497 e. The number of aromatic amines is 1. The van der Waals surface area contributed by atoms with Crippen molar-refractivity contribution in [2.75, 3.05) is 27.4 Å². The van der Waals surface area contributed by atoms with Crippen LogP contribution in [0.3, 0.4) is 0 Å². The van der Waals surface area contributed by atoms with Crippen LogP contribution in [0.25, 0.3) is 6.08 Å². The first-order valence-corrected chi connectivity index (χ1v) is 9.98. The number of hydrogen-bond donors (Lipinski definition) is 1. The third-order valence-electron chi connectivity index (χ3n) is 4.48. The number of ether oxygens (including phenoxy) is 5. The number of H-pyrrole nitrogens is 1. The van der Waals surface area contributed by atoms with E-state index < -0.39 is 17.9 Å². The Balaban J connectivity index is 2.21. The Morgan fingerprint density at radius 3 is 2.28 bits per heavy atom. The van der Waals surface area contributed by atoms with Gasteiger partial charge < -0.3 is 28.7 Å². The molecule has 1 aromatic carbocycles. The zero-order valence-corrected chi connectivity index (χ0v) is 18.8. The van der Waals surface area contributed by atoms with Crippen LogP contribution in [0.5, 0.6) is 11.5 Å². The fourth-order valence-corrected chi connectivity index (χ4v) is 2.97. The fraction of sp³-hybridized carbons (Fsp3) is 0.348. The number of rotatable bonds is 10. The molecule has 0 saturated carbocycles. The van der Waals surface area contributed by atoms with Gasteiger partial charge in [0.1, 0.15) is 23.8 Å². The number of aromatic nitrogens is 1. The summed E-state index contributed by atoms with van der Waals surface area (Å²) in [7, 11) is 3.05. The van der Waals surface area contributed by atoms with E-state index in [-0.39, 0.29) is 36.8 Å². The van der Waals surface area contributed by atoms with Crippen LogP contribution in [0, 0.1) is 6.92 Å². The Kier molecular flexibility index (Phi) is 8.88. The van der Waals surface area contributed by atoms with E-state index in [1.165, 1.54) is 26.4 Å². The quantitative estimate of drug-likeness (QED) is 0.336. The summed E-state index contributed by atoms with van der Waals surface area (Å²) < 4.78 is 25.8. The van der Waals surface area contributed by atoms with E-state index in [4.69, 9.17) is 23.7 Å². The molecule has 0 fully saturated rings. The number of carbonyl (C=O) groups is 3. The van der Waals surface area contributed by atoms with Gasteiger partial charge in [-0.2, -0.15) is 0 Å². The molecular weight excluding hydrogens is 418 g/mol. The average molecular weight is 445 g/mol. The summed E-state index contributed by atoms with van der Waals surface area (Å²) >= 11 is 0. The summed E-state index contributed by atoms with van der Waals surface area (Å²) in [6, 6.07) is 5.16. The SMILES string of the molecule is CCOC(=O)c1[nH]c(COC(=O)/C=C/c2cc(OC)ccc2OC)c(C(=O)OCC)c1C. The molecule has 9 heteroatoms. The summed E-state index contributed by atoms with van der Waals surface area (Å²) in [6.07, 6.45) is 2.75. The van der Waals surface area contributed by atoms with Crippen LogP contribution in [0.4, 0.5) is 0 Å². The van der Waals surface area contributed by atoms with Gasteiger partial charge in [-0.25, -0.2) is 14.4 Å². The summed E-state index contributed by atoms with van der Waals surface area (Å²) in [4.78, 5) is 39.7. The molecule has 0 radical (unpaired) electrons. The lowest BCUT2D eigenvalue weighted by Crippen LogP contribution is -2.10. The lowest BCUT2D eigenvalue weighted by atomic mass is 10.1. The topological polar surface area (TPSA) is 113 Å². The molecule has 0 spiro atoms. The second kappa shape index (κ2) is 11.6. The first-order chi connectivity index (χ1) is 15.4. The van der Waals surface area contributed by atoms with E-state index in [1.54, 1.807) is 39.0 Å². The molecule has 0 aliphatic heterocycles. The van der Waals surface area contributed by atoms with Gasteiger partial charge in [-0.15, -0.1) is 0 Å². The number of carbonyl (C=O) groups excluding carboxylic acids is 3. The summed E-state index contributed by atoms with van der Waals surface area (Å²) in [5.41, 5.74) is 1.48. The van der Waals surface area contributed by atoms with Gasteiger partial charge in [0.15, 0.2) is 0 Å². The highest BCUT2D eigenvalue weighted by molar-refractivity contribution is 5.98. The van der Waals surface area contributed by atoms with E-state index in [2.05, 4.69) is 4.98 Å². The van der Waals surface area contributed by atoms with Gasteiger partial charge >= 0.3 is 17.9 Å². The minimum absolute atomic E-state index is 0.109. The Labute approximate surface area is 186 Å². The third kappa shape index (κ3) is 5.90. The van der Waals surface area contributed by atoms with Gasteiger partial charge in [0.05, 0.1) is 38.7 Å². The molecule has 0 aliphatic rings. The maximum atomic E-state index is 12.4. The van der Waals surface area contributed by atoms with E-state index in [9.17, 15) is 14.4 Å². The number of hydrogen-bond acceptors (Lipinski definition) is 8. The molecule has 0 unspecified atom stereocenters. The van der Waals surface area contributed by atoms with Crippen molar-refractivity contribution in [2.24, 2.45) is 0 Å². The van der Waals surface area contributed by atoms with Crippen molar-refractivity contribution in [2.45, 2.75) is 27.4 Å². The monoisotopic (exact) mass is 445 g/mol. The predicted octanol–water partition coefficient (Wildman–Crippen LogP) is 3.45. The van der Waals surface area contributed by atoms with Crippen LogP contribution in [-0.4, -0.2) is 50.3 Å². The smallest absolute Gasteiger partial charge is 0.355 e. The lowest BCUT2D eigenvalue weighted by Gasteiger charge is -2.07. The first kappa shape index (κ1) is 24.5. The summed E-state index contributed by atoms with van der Waals surface area (Å²) in [5.74, 6) is -0.739. The second-order valence-corrected chi connectivity index (χ2v) is 6.47. The van der Waals surface area contributed by atoms with Crippen molar-refractivity contribution >= 4 is 24.0 Å². The molecule has 172 valence electrons. The summed E-state index contributed by atoms with van der Waals surface area (Å²) in [5, 5.41) is 0. The van der Waals surface area contributed by atoms with Crippen LogP contribution >= 0.6 is 0 Å². The maximum Gasteiger partial charge on any atom is 0.355 e. The standard InChI is InChI=1S/C23H27NO8/c1-6-30-22(26)20-14(3)21(23(27)31-7-2)24-17(20)13-32-19(25)11-8-15-12-16(28-4)9-10-18(15)29-5/h8-12,24H,6-7,13H2,1-5H3/b11-8+. The molecular formula is C23H27NO8. The zero-order chi connectivity index (χ0) is 23.7. The van der Waals surface area contributed by atoms with Crippen molar-refractivity contribution in [3.63, 3.8) is 0 Å². The fourth-order valence-electron chi connectivity index (χ4n) is 2.97. The Hall–Kier alpha value is -3.75. The molecule has 0 aliphatic carbocycles. The minimum atomic E-state index is -0.658. The Morgan fingerprint density at radius 2 is 1.66 bits per heavy atom. The molecule has 0 amide bonds. The highest BCUT2D eigenvalue weighted by atomic mass is 16.5. The molecule has 1 N–H and O–H groups in total. The lowest BCUT2D eigenvalue weighted by molar-refractivity contribution is -0.139. The molecule has 0 saturated heterocycles.